The first kappa shape index (κ1) is 16.0. The normalized spacial score (nSPS) is 25.1. The second kappa shape index (κ2) is 7.62. The highest BCUT2D eigenvalue weighted by atomic mass is 16.5. The summed E-state index contributed by atoms with van der Waals surface area (Å²) in [5.41, 5.74) is 0. The van der Waals surface area contributed by atoms with Crippen LogP contribution >= 0.6 is 0 Å². The third-order valence-corrected chi connectivity index (χ3v) is 4.77. The quantitative estimate of drug-likeness (QED) is 0.841. The highest BCUT2D eigenvalue weighted by molar-refractivity contribution is 5.72. The van der Waals surface area contributed by atoms with Gasteiger partial charge in [0.05, 0.1) is 25.4 Å². The predicted molar refractivity (Wildman–Crippen MR) is 86.3 cm³/mol. The van der Waals surface area contributed by atoms with Crippen LogP contribution < -0.4 is 10.1 Å². The molecule has 2 aliphatic carbocycles. The number of hydrogen-bond donors (Lipinski definition) is 1. The molecule has 1 aromatic heterocycles. The van der Waals surface area contributed by atoms with Gasteiger partial charge in [0.25, 0.3) is 0 Å². The molecule has 0 aromatic carbocycles. The summed E-state index contributed by atoms with van der Waals surface area (Å²) < 4.78 is 10.8. The molecule has 3 rings (SSSR count). The second-order valence-electron chi connectivity index (χ2n) is 6.49. The molecule has 0 amide bonds. The van der Waals surface area contributed by atoms with E-state index in [9.17, 15) is 4.79 Å². The van der Waals surface area contributed by atoms with E-state index in [1.807, 2.05) is 0 Å². The van der Waals surface area contributed by atoms with Crippen LogP contribution in [0.5, 0.6) is 5.88 Å². The van der Waals surface area contributed by atoms with Crippen LogP contribution in [0.4, 0.5) is 5.82 Å². The SMILES string of the molecule is COC(=O)[C@H]1CC[C@@H](Nc2cncc(OC3CCCCC3)n2)C1. The van der Waals surface area contributed by atoms with Crippen LogP contribution in [-0.4, -0.2) is 35.2 Å². The van der Waals surface area contributed by atoms with Crippen LogP contribution in [0, 0.1) is 5.92 Å². The van der Waals surface area contributed by atoms with Gasteiger partial charge in [-0.05, 0) is 44.9 Å². The minimum absolute atomic E-state index is 0.00729. The predicted octanol–water partition coefficient (Wildman–Crippen LogP) is 2.94. The lowest BCUT2D eigenvalue weighted by Crippen LogP contribution is -2.21. The molecule has 2 fully saturated rings. The smallest absolute Gasteiger partial charge is 0.308 e. The van der Waals surface area contributed by atoms with E-state index in [0.29, 0.717) is 11.7 Å². The van der Waals surface area contributed by atoms with Crippen LogP contribution in [0.25, 0.3) is 0 Å². The molecule has 2 atom stereocenters. The van der Waals surface area contributed by atoms with Gasteiger partial charge >= 0.3 is 5.97 Å². The van der Waals surface area contributed by atoms with E-state index in [-0.39, 0.29) is 24.0 Å². The summed E-state index contributed by atoms with van der Waals surface area (Å²) in [4.78, 5) is 20.3. The molecule has 1 N–H and O–H groups in total. The molecule has 0 unspecified atom stereocenters. The maximum atomic E-state index is 11.6. The second-order valence-corrected chi connectivity index (χ2v) is 6.49. The lowest BCUT2D eigenvalue weighted by molar-refractivity contribution is -0.145. The Balaban J connectivity index is 1.54. The van der Waals surface area contributed by atoms with Crippen molar-refractivity contribution in [2.24, 2.45) is 5.92 Å². The number of methoxy groups -OCH3 is 1. The summed E-state index contributed by atoms with van der Waals surface area (Å²) in [6, 6.07) is 0.235. The Morgan fingerprint density at radius 1 is 1.17 bits per heavy atom. The lowest BCUT2D eigenvalue weighted by Gasteiger charge is -2.22. The van der Waals surface area contributed by atoms with Gasteiger partial charge in [-0.2, -0.15) is 4.98 Å². The Hall–Kier alpha value is -1.85. The topological polar surface area (TPSA) is 73.3 Å². The van der Waals surface area contributed by atoms with E-state index in [0.717, 1.165) is 32.1 Å². The third-order valence-electron chi connectivity index (χ3n) is 4.77. The van der Waals surface area contributed by atoms with Crippen molar-refractivity contribution < 1.29 is 14.3 Å². The number of aromatic nitrogens is 2. The van der Waals surface area contributed by atoms with Crippen LogP contribution in [0.15, 0.2) is 12.4 Å². The first-order chi connectivity index (χ1) is 11.2. The van der Waals surface area contributed by atoms with Crippen LogP contribution in [0.1, 0.15) is 51.4 Å². The Morgan fingerprint density at radius 3 is 2.78 bits per heavy atom. The molecule has 0 saturated heterocycles. The number of esters is 1. The Bertz CT molecular complexity index is 532. The first-order valence-electron chi connectivity index (χ1n) is 8.57. The number of carbonyl (C=O) groups excluding carboxylic acids is 1. The van der Waals surface area contributed by atoms with Gasteiger partial charge in [0.15, 0.2) is 0 Å². The molecule has 126 valence electrons. The zero-order valence-electron chi connectivity index (χ0n) is 13.7. The third kappa shape index (κ3) is 4.33. The van der Waals surface area contributed by atoms with Gasteiger partial charge in [-0.1, -0.05) is 6.42 Å². The summed E-state index contributed by atoms with van der Waals surface area (Å²) in [6.07, 6.45) is 12.2. The number of hydrogen-bond acceptors (Lipinski definition) is 6. The van der Waals surface area contributed by atoms with Crippen molar-refractivity contribution >= 4 is 11.8 Å². The molecular formula is C17H25N3O3. The lowest BCUT2D eigenvalue weighted by atomic mass is 9.98. The maximum Gasteiger partial charge on any atom is 0.308 e. The Kier molecular flexibility index (Phi) is 5.31. The van der Waals surface area contributed by atoms with Gasteiger partial charge in [-0.25, -0.2) is 0 Å². The van der Waals surface area contributed by atoms with Gasteiger partial charge in [0.2, 0.25) is 5.88 Å². The van der Waals surface area contributed by atoms with E-state index in [2.05, 4.69) is 15.3 Å². The fourth-order valence-electron chi connectivity index (χ4n) is 3.53. The molecule has 23 heavy (non-hydrogen) atoms. The van der Waals surface area contributed by atoms with Crippen molar-refractivity contribution in [1.29, 1.82) is 0 Å². The van der Waals surface area contributed by atoms with E-state index in [1.165, 1.54) is 26.4 Å². The van der Waals surface area contributed by atoms with Crippen LogP contribution in [0.3, 0.4) is 0 Å². The maximum absolute atomic E-state index is 11.6. The summed E-state index contributed by atoms with van der Waals surface area (Å²) in [5, 5.41) is 3.37. The van der Waals surface area contributed by atoms with Gasteiger partial charge in [-0.15, -0.1) is 0 Å². The van der Waals surface area contributed by atoms with Crippen molar-refractivity contribution in [2.75, 3.05) is 12.4 Å². The largest absolute Gasteiger partial charge is 0.473 e. The average Bonchev–Trinajstić information content (AvgIpc) is 3.04. The van der Waals surface area contributed by atoms with Crippen LogP contribution in [-0.2, 0) is 9.53 Å². The number of carbonyl (C=O) groups is 1. The van der Waals surface area contributed by atoms with E-state index >= 15 is 0 Å². The number of rotatable bonds is 5. The molecule has 1 heterocycles. The number of nitrogens with one attached hydrogen (secondary N) is 1. The molecule has 0 radical (unpaired) electrons. The minimum atomic E-state index is -0.116. The van der Waals surface area contributed by atoms with Gasteiger partial charge in [-0.3, -0.25) is 9.78 Å². The zero-order chi connectivity index (χ0) is 16.1. The first-order valence-corrected chi connectivity index (χ1v) is 8.57. The molecule has 0 spiro atoms. The van der Waals surface area contributed by atoms with Gasteiger partial charge in [0.1, 0.15) is 11.9 Å². The van der Waals surface area contributed by atoms with Crippen molar-refractivity contribution in [3.8, 4) is 5.88 Å². The van der Waals surface area contributed by atoms with E-state index < -0.39 is 0 Å². The molecule has 6 heteroatoms. The summed E-state index contributed by atoms with van der Waals surface area (Å²) in [5.74, 6) is 1.18. The Morgan fingerprint density at radius 2 is 2.00 bits per heavy atom. The van der Waals surface area contributed by atoms with E-state index in [4.69, 9.17) is 9.47 Å². The summed E-state index contributed by atoms with van der Waals surface area (Å²) in [7, 11) is 1.45. The number of anilines is 1. The zero-order valence-corrected chi connectivity index (χ0v) is 13.7. The molecular weight excluding hydrogens is 294 g/mol. The summed E-state index contributed by atoms with van der Waals surface area (Å²) in [6.45, 7) is 0. The fraction of sp³-hybridized carbons (Fsp3) is 0.706. The molecule has 1 aromatic rings. The highest BCUT2D eigenvalue weighted by Gasteiger charge is 2.30. The van der Waals surface area contributed by atoms with Gasteiger partial charge in [0, 0.05) is 6.04 Å². The molecule has 0 aliphatic heterocycles. The van der Waals surface area contributed by atoms with Crippen molar-refractivity contribution in [3.63, 3.8) is 0 Å². The molecule has 2 saturated carbocycles. The molecule has 6 nitrogen and oxygen atoms in total. The average molecular weight is 319 g/mol. The van der Waals surface area contributed by atoms with Crippen LogP contribution in [0.2, 0.25) is 0 Å². The molecule has 2 aliphatic rings. The fourth-order valence-corrected chi connectivity index (χ4v) is 3.53. The van der Waals surface area contributed by atoms with E-state index in [1.54, 1.807) is 12.4 Å². The van der Waals surface area contributed by atoms with Crippen molar-refractivity contribution in [2.45, 2.75) is 63.5 Å². The molecule has 0 bridgehead atoms. The standard InChI is InChI=1S/C17H25N3O3/c1-22-17(21)12-7-8-13(9-12)19-15-10-18-11-16(20-15)23-14-5-3-2-4-6-14/h10-14H,2-9H2,1H3,(H,19,20)/t12-,13+/m0/s1. The summed E-state index contributed by atoms with van der Waals surface area (Å²) >= 11 is 0. The van der Waals surface area contributed by atoms with Gasteiger partial charge < -0.3 is 14.8 Å². The highest BCUT2D eigenvalue weighted by Crippen LogP contribution is 2.29. The number of nitrogens with zero attached hydrogens (tertiary/aromatic N) is 2. The number of ether oxygens (including phenoxy) is 2. The minimum Gasteiger partial charge on any atom is -0.473 e. The Labute approximate surface area is 137 Å². The monoisotopic (exact) mass is 319 g/mol. The van der Waals surface area contributed by atoms with Crippen molar-refractivity contribution in [1.82, 2.24) is 9.97 Å². The van der Waals surface area contributed by atoms with Crippen molar-refractivity contribution in [3.05, 3.63) is 12.4 Å².